The van der Waals surface area contributed by atoms with Crippen molar-refractivity contribution in [2.24, 2.45) is 0 Å². The van der Waals surface area contributed by atoms with E-state index in [1.807, 2.05) is 25.1 Å². The zero-order valence-corrected chi connectivity index (χ0v) is 13.5. The summed E-state index contributed by atoms with van der Waals surface area (Å²) in [5.74, 6) is -0.265. The first-order valence-electron chi connectivity index (χ1n) is 7.84. The molecule has 2 aliphatic heterocycles. The number of rotatable bonds is 3. The molecule has 2 atom stereocenters. The molecule has 0 radical (unpaired) electrons. The number of nitrogens with zero attached hydrogens (tertiary/aromatic N) is 4. The lowest BCUT2D eigenvalue weighted by Gasteiger charge is -2.47. The molecule has 2 fully saturated rings. The minimum Gasteiger partial charge on any atom is -0.394 e. The number of fused-ring (bicyclic) bond motifs is 1. The van der Waals surface area contributed by atoms with E-state index in [4.69, 9.17) is 0 Å². The molecule has 7 heteroatoms. The Balaban J connectivity index is 1.72. The number of hydrogen-bond acceptors (Lipinski definition) is 5. The number of amides is 2. The monoisotopic (exact) mass is 318 g/mol. The number of piperazine rings is 2. The van der Waals surface area contributed by atoms with Crippen molar-refractivity contribution in [1.29, 1.82) is 0 Å². The van der Waals surface area contributed by atoms with Crippen LogP contribution in [0, 0.1) is 6.92 Å². The number of aliphatic hydroxyl groups is 1. The molecule has 0 unspecified atom stereocenters. The molecule has 2 amide bonds. The minimum absolute atomic E-state index is 0.106. The Labute approximate surface area is 135 Å². The van der Waals surface area contributed by atoms with Crippen LogP contribution >= 0.6 is 0 Å². The molecule has 1 aromatic rings. The van der Waals surface area contributed by atoms with Gasteiger partial charge in [-0.05, 0) is 19.1 Å². The number of aliphatic hydroxyl groups excluding tert-OH is 1. The van der Waals surface area contributed by atoms with Crippen molar-refractivity contribution in [3.05, 3.63) is 29.6 Å². The van der Waals surface area contributed by atoms with Gasteiger partial charge in [-0.2, -0.15) is 0 Å². The Kier molecular flexibility index (Phi) is 4.32. The molecule has 124 valence electrons. The average molecular weight is 318 g/mol. The van der Waals surface area contributed by atoms with E-state index < -0.39 is 12.1 Å². The Morgan fingerprint density at radius 2 is 2.04 bits per heavy atom. The van der Waals surface area contributed by atoms with E-state index in [2.05, 4.69) is 9.88 Å². The Morgan fingerprint density at radius 3 is 2.74 bits per heavy atom. The fourth-order valence-corrected chi connectivity index (χ4v) is 3.32. The van der Waals surface area contributed by atoms with Crippen LogP contribution in [0.1, 0.15) is 11.4 Å². The third-order valence-electron chi connectivity index (χ3n) is 4.64. The summed E-state index contributed by atoms with van der Waals surface area (Å²) in [5.41, 5.74) is 1.94. The Hall–Kier alpha value is -1.99. The number of carbonyl (C=O) groups excluding carboxylic acids is 2. The van der Waals surface area contributed by atoms with Gasteiger partial charge in [0.2, 0.25) is 11.8 Å². The SMILES string of the molecule is Cc1cccc(CN2CCN3C(=O)[C@H](CO)N(C)C(=O)[C@H]3C2)n1. The largest absolute Gasteiger partial charge is 0.394 e. The van der Waals surface area contributed by atoms with Crippen LogP contribution < -0.4 is 0 Å². The van der Waals surface area contributed by atoms with E-state index >= 15 is 0 Å². The van der Waals surface area contributed by atoms with E-state index in [9.17, 15) is 14.7 Å². The molecule has 23 heavy (non-hydrogen) atoms. The maximum absolute atomic E-state index is 12.5. The summed E-state index contributed by atoms with van der Waals surface area (Å²) in [6.07, 6.45) is 0. The Morgan fingerprint density at radius 1 is 1.26 bits per heavy atom. The molecule has 1 N–H and O–H groups in total. The van der Waals surface area contributed by atoms with Gasteiger partial charge in [-0.15, -0.1) is 0 Å². The van der Waals surface area contributed by atoms with Crippen LogP contribution in [0.3, 0.4) is 0 Å². The van der Waals surface area contributed by atoms with E-state index in [0.717, 1.165) is 11.4 Å². The lowest BCUT2D eigenvalue weighted by Crippen LogP contribution is -2.69. The molecule has 0 aromatic carbocycles. The van der Waals surface area contributed by atoms with Gasteiger partial charge in [-0.1, -0.05) is 6.07 Å². The van der Waals surface area contributed by atoms with Crippen molar-refractivity contribution in [2.45, 2.75) is 25.6 Å². The fraction of sp³-hybridized carbons (Fsp3) is 0.562. The summed E-state index contributed by atoms with van der Waals surface area (Å²) < 4.78 is 0. The summed E-state index contributed by atoms with van der Waals surface area (Å²) >= 11 is 0. The molecule has 2 saturated heterocycles. The fourth-order valence-electron chi connectivity index (χ4n) is 3.32. The molecule has 3 heterocycles. The molecule has 1 aromatic heterocycles. The number of hydrogen-bond donors (Lipinski definition) is 1. The summed E-state index contributed by atoms with van der Waals surface area (Å²) in [4.78, 5) is 34.5. The molecular weight excluding hydrogens is 296 g/mol. The van der Waals surface area contributed by atoms with Gasteiger partial charge < -0.3 is 14.9 Å². The Bertz CT molecular complexity index is 621. The first-order chi connectivity index (χ1) is 11.0. The summed E-state index contributed by atoms with van der Waals surface area (Å²) in [5, 5.41) is 9.35. The van der Waals surface area contributed by atoms with Crippen LogP contribution in [0.15, 0.2) is 18.2 Å². The molecule has 0 spiro atoms. The van der Waals surface area contributed by atoms with Crippen molar-refractivity contribution >= 4 is 11.8 Å². The molecule has 0 bridgehead atoms. The van der Waals surface area contributed by atoms with Crippen molar-refractivity contribution in [3.8, 4) is 0 Å². The maximum Gasteiger partial charge on any atom is 0.248 e. The zero-order chi connectivity index (χ0) is 16.6. The van der Waals surface area contributed by atoms with Crippen LogP contribution in [0.5, 0.6) is 0 Å². The third kappa shape index (κ3) is 2.94. The topological polar surface area (TPSA) is 77.0 Å². The van der Waals surface area contributed by atoms with Gasteiger partial charge in [0.15, 0.2) is 0 Å². The van der Waals surface area contributed by atoms with Gasteiger partial charge in [0.1, 0.15) is 12.1 Å². The second-order valence-electron chi connectivity index (χ2n) is 6.20. The molecule has 7 nitrogen and oxygen atoms in total. The van der Waals surface area contributed by atoms with Gasteiger partial charge >= 0.3 is 0 Å². The standard InChI is InChI=1S/C16H22N4O3/c1-11-4-3-5-12(17-11)8-19-6-7-20-13(9-19)15(22)18(2)14(10-21)16(20)23/h3-5,13-14,21H,6-10H2,1-2H3/t13-,14+/m1/s1. The van der Waals surface area contributed by atoms with Gasteiger partial charge in [-0.25, -0.2) is 0 Å². The lowest BCUT2D eigenvalue weighted by molar-refractivity contribution is -0.165. The number of pyridine rings is 1. The summed E-state index contributed by atoms with van der Waals surface area (Å²) in [6, 6.07) is 4.69. The van der Waals surface area contributed by atoms with Crippen molar-refractivity contribution in [1.82, 2.24) is 19.7 Å². The molecular formula is C16H22N4O3. The second-order valence-corrected chi connectivity index (χ2v) is 6.20. The zero-order valence-electron chi connectivity index (χ0n) is 13.5. The van der Waals surface area contributed by atoms with Gasteiger partial charge in [0.25, 0.3) is 0 Å². The molecule has 2 aliphatic rings. The van der Waals surface area contributed by atoms with Crippen LogP contribution in [0.25, 0.3) is 0 Å². The quantitative estimate of drug-likeness (QED) is 0.792. The van der Waals surface area contributed by atoms with Gasteiger partial charge in [0.05, 0.1) is 12.3 Å². The number of aryl methyl sites for hydroxylation is 1. The molecule has 0 aliphatic carbocycles. The summed E-state index contributed by atoms with van der Waals surface area (Å²) in [6.45, 7) is 4.00. The van der Waals surface area contributed by atoms with E-state index in [-0.39, 0.29) is 18.4 Å². The normalized spacial score (nSPS) is 25.7. The number of aromatic nitrogens is 1. The van der Waals surface area contributed by atoms with Crippen LogP contribution in [-0.4, -0.2) is 82.0 Å². The second kappa shape index (κ2) is 6.25. The smallest absolute Gasteiger partial charge is 0.248 e. The maximum atomic E-state index is 12.5. The van der Waals surface area contributed by atoms with E-state index in [0.29, 0.717) is 26.2 Å². The summed E-state index contributed by atoms with van der Waals surface area (Å²) in [7, 11) is 1.58. The first kappa shape index (κ1) is 15.9. The van der Waals surface area contributed by atoms with Crippen LogP contribution in [0.4, 0.5) is 0 Å². The predicted octanol–water partition coefficient (Wildman–Crippen LogP) is -0.764. The molecule has 0 saturated carbocycles. The van der Waals surface area contributed by atoms with Crippen molar-refractivity contribution < 1.29 is 14.7 Å². The first-order valence-corrected chi connectivity index (χ1v) is 7.84. The average Bonchev–Trinajstić information content (AvgIpc) is 2.53. The predicted molar refractivity (Wildman–Crippen MR) is 83.4 cm³/mol. The van der Waals surface area contributed by atoms with Gasteiger partial charge in [0, 0.05) is 38.9 Å². The van der Waals surface area contributed by atoms with Crippen LogP contribution in [0.2, 0.25) is 0 Å². The van der Waals surface area contributed by atoms with E-state index in [1.54, 1.807) is 11.9 Å². The number of likely N-dealkylation sites (N-methyl/N-ethyl adjacent to an activating group) is 1. The highest BCUT2D eigenvalue weighted by atomic mass is 16.3. The lowest BCUT2D eigenvalue weighted by atomic mass is 10.0. The van der Waals surface area contributed by atoms with Crippen LogP contribution in [-0.2, 0) is 16.1 Å². The number of carbonyl (C=O) groups is 2. The third-order valence-corrected chi connectivity index (χ3v) is 4.64. The van der Waals surface area contributed by atoms with E-state index in [1.165, 1.54) is 4.90 Å². The van der Waals surface area contributed by atoms with Gasteiger partial charge in [-0.3, -0.25) is 19.5 Å². The highest BCUT2D eigenvalue weighted by Gasteiger charge is 2.46. The highest BCUT2D eigenvalue weighted by molar-refractivity contribution is 5.97. The van der Waals surface area contributed by atoms with Crippen molar-refractivity contribution in [3.63, 3.8) is 0 Å². The minimum atomic E-state index is -0.747. The highest BCUT2D eigenvalue weighted by Crippen LogP contribution is 2.21. The van der Waals surface area contributed by atoms with Crippen molar-refractivity contribution in [2.75, 3.05) is 33.3 Å². The molecule has 3 rings (SSSR count).